The topological polar surface area (TPSA) is 94.1 Å². The van der Waals surface area contributed by atoms with E-state index in [1.54, 1.807) is 50.8 Å². The van der Waals surface area contributed by atoms with Gasteiger partial charge in [0.05, 0.1) is 30.5 Å². The van der Waals surface area contributed by atoms with Crippen molar-refractivity contribution in [2.45, 2.75) is 32.0 Å². The number of aromatic nitrogens is 4. The zero-order valence-electron chi connectivity index (χ0n) is 17.5. The third-order valence-electron chi connectivity index (χ3n) is 5.03. The van der Waals surface area contributed by atoms with Gasteiger partial charge in [0, 0.05) is 18.9 Å². The van der Waals surface area contributed by atoms with E-state index < -0.39 is 6.10 Å². The molecular formula is C23H25N5O3. The Hall–Kier alpha value is -3.81. The first-order chi connectivity index (χ1) is 15.1. The van der Waals surface area contributed by atoms with Crippen LogP contribution in [0.4, 0.5) is 0 Å². The Morgan fingerprint density at radius 2 is 1.94 bits per heavy atom. The molecule has 2 aromatic carbocycles. The van der Waals surface area contributed by atoms with Crippen molar-refractivity contribution in [3.05, 3.63) is 73.1 Å². The van der Waals surface area contributed by atoms with E-state index in [4.69, 9.17) is 9.47 Å². The number of aryl methyl sites for hydroxylation is 1. The number of hydrogen-bond acceptors (Lipinski definition) is 5. The minimum atomic E-state index is -0.673. The Kier molecular flexibility index (Phi) is 6.16. The molecule has 0 fully saturated rings. The van der Waals surface area contributed by atoms with Gasteiger partial charge in [-0.25, -0.2) is 9.97 Å². The van der Waals surface area contributed by atoms with Crippen molar-refractivity contribution in [1.82, 2.24) is 24.8 Å². The fraction of sp³-hybridized carbons (Fsp3) is 0.261. The van der Waals surface area contributed by atoms with Crippen molar-refractivity contribution in [3.63, 3.8) is 0 Å². The lowest BCUT2D eigenvalue weighted by Crippen LogP contribution is -2.39. The quantitative estimate of drug-likeness (QED) is 0.433. The third-order valence-corrected chi connectivity index (χ3v) is 5.03. The molecule has 0 saturated heterocycles. The monoisotopic (exact) mass is 419 g/mol. The summed E-state index contributed by atoms with van der Waals surface area (Å²) in [7, 11) is 1.61. The number of methoxy groups -OCH3 is 1. The molecule has 160 valence electrons. The maximum absolute atomic E-state index is 12.9. The molecule has 2 N–H and O–H groups in total. The number of nitrogens with zero attached hydrogens (tertiary/aromatic N) is 3. The van der Waals surface area contributed by atoms with Gasteiger partial charge in [0.1, 0.15) is 17.3 Å². The van der Waals surface area contributed by atoms with Crippen LogP contribution in [-0.4, -0.2) is 38.6 Å². The predicted octanol–water partition coefficient (Wildman–Crippen LogP) is 3.48. The molecule has 4 aromatic rings. The molecule has 0 radical (unpaired) electrons. The van der Waals surface area contributed by atoms with Crippen molar-refractivity contribution in [1.29, 1.82) is 0 Å². The number of aromatic amines is 1. The zero-order valence-corrected chi connectivity index (χ0v) is 17.5. The van der Waals surface area contributed by atoms with E-state index in [2.05, 4.69) is 20.3 Å². The molecule has 0 aliphatic heterocycles. The number of H-pyrrole nitrogens is 1. The van der Waals surface area contributed by atoms with Gasteiger partial charge in [-0.3, -0.25) is 4.79 Å². The summed E-state index contributed by atoms with van der Waals surface area (Å²) in [6.07, 6.45) is 5.37. The molecule has 0 saturated carbocycles. The van der Waals surface area contributed by atoms with Crippen LogP contribution in [0.15, 0.2) is 67.3 Å². The molecule has 4 rings (SSSR count). The highest BCUT2D eigenvalue weighted by atomic mass is 16.5. The van der Waals surface area contributed by atoms with E-state index in [0.717, 1.165) is 16.8 Å². The number of ether oxygens (including phenoxy) is 2. The Bertz CT molecular complexity index is 1090. The summed E-state index contributed by atoms with van der Waals surface area (Å²) >= 11 is 0. The molecular weight excluding hydrogens is 394 g/mol. The average molecular weight is 419 g/mol. The maximum atomic E-state index is 12.9. The standard InChI is InChI=1S/C23H25N5O3/c1-16(31-18-9-7-17(30-2)8-10-18)23(29)27-21(11-13-28-14-12-24-15-28)22-25-19-5-3-4-6-20(19)26-22/h3-10,12,14-16,21H,11,13H2,1-2H3,(H,25,26)(H,27,29). The van der Waals surface area contributed by atoms with Crippen LogP contribution < -0.4 is 14.8 Å². The smallest absolute Gasteiger partial charge is 0.261 e. The lowest BCUT2D eigenvalue weighted by Gasteiger charge is -2.20. The molecule has 2 unspecified atom stereocenters. The van der Waals surface area contributed by atoms with Crippen molar-refractivity contribution in [2.75, 3.05) is 7.11 Å². The number of amides is 1. The van der Waals surface area contributed by atoms with Crippen molar-refractivity contribution in [3.8, 4) is 11.5 Å². The SMILES string of the molecule is COc1ccc(OC(C)C(=O)NC(CCn2ccnc2)c2nc3ccccc3[nH]2)cc1. The first kappa shape index (κ1) is 20.5. The fourth-order valence-electron chi connectivity index (χ4n) is 3.31. The van der Waals surface area contributed by atoms with Crippen LogP contribution in [0.5, 0.6) is 11.5 Å². The van der Waals surface area contributed by atoms with Crippen LogP contribution in [0.2, 0.25) is 0 Å². The van der Waals surface area contributed by atoms with Crippen LogP contribution in [0, 0.1) is 0 Å². The van der Waals surface area contributed by atoms with E-state index in [9.17, 15) is 4.79 Å². The molecule has 1 amide bonds. The second-order valence-electron chi connectivity index (χ2n) is 7.23. The predicted molar refractivity (Wildman–Crippen MR) is 117 cm³/mol. The van der Waals surface area contributed by atoms with Crippen molar-refractivity contribution < 1.29 is 14.3 Å². The molecule has 8 nitrogen and oxygen atoms in total. The van der Waals surface area contributed by atoms with Gasteiger partial charge in [0.25, 0.3) is 5.91 Å². The lowest BCUT2D eigenvalue weighted by molar-refractivity contribution is -0.128. The Balaban J connectivity index is 1.47. The average Bonchev–Trinajstić information content (AvgIpc) is 3.46. The first-order valence-corrected chi connectivity index (χ1v) is 10.1. The normalized spacial score (nSPS) is 13.0. The van der Waals surface area contributed by atoms with Crippen LogP contribution in [-0.2, 0) is 11.3 Å². The summed E-state index contributed by atoms with van der Waals surface area (Å²) < 4.78 is 12.9. The number of imidazole rings is 2. The highest BCUT2D eigenvalue weighted by Gasteiger charge is 2.23. The van der Waals surface area contributed by atoms with Crippen molar-refractivity contribution >= 4 is 16.9 Å². The number of nitrogens with one attached hydrogen (secondary N) is 2. The van der Waals surface area contributed by atoms with E-state index in [1.165, 1.54) is 0 Å². The molecule has 0 aliphatic carbocycles. The molecule has 2 aromatic heterocycles. The van der Waals surface area contributed by atoms with E-state index in [1.807, 2.05) is 35.0 Å². The second-order valence-corrected chi connectivity index (χ2v) is 7.23. The molecule has 2 atom stereocenters. The summed E-state index contributed by atoms with van der Waals surface area (Å²) in [6.45, 7) is 2.42. The van der Waals surface area contributed by atoms with E-state index in [-0.39, 0.29) is 11.9 Å². The number of rotatable bonds is 9. The molecule has 8 heteroatoms. The zero-order chi connectivity index (χ0) is 21.6. The molecule has 0 spiro atoms. The van der Waals surface area contributed by atoms with E-state index in [0.29, 0.717) is 24.5 Å². The number of benzene rings is 2. The minimum absolute atomic E-state index is 0.216. The van der Waals surface area contributed by atoms with Crippen LogP contribution in [0.3, 0.4) is 0 Å². The Morgan fingerprint density at radius 1 is 1.16 bits per heavy atom. The first-order valence-electron chi connectivity index (χ1n) is 10.1. The highest BCUT2D eigenvalue weighted by molar-refractivity contribution is 5.81. The Morgan fingerprint density at radius 3 is 2.65 bits per heavy atom. The molecule has 2 heterocycles. The number of carbonyl (C=O) groups excluding carboxylic acids is 1. The van der Waals surface area contributed by atoms with Gasteiger partial charge in [-0.15, -0.1) is 0 Å². The van der Waals surface area contributed by atoms with Gasteiger partial charge in [-0.2, -0.15) is 0 Å². The Labute approximate surface area is 180 Å². The van der Waals surface area contributed by atoms with Crippen LogP contribution in [0.25, 0.3) is 11.0 Å². The third kappa shape index (κ3) is 5.03. The molecule has 0 aliphatic rings. The van der Waals surface area contributed by atoms with Gasteiger partial charge in [0.2, 0.25) is 0 Å². The highest BCUT2D eigenvalue weighted by Crippen LogP contribution is 2.21. The minimum Gasteiger partial charge on any atom is -0.497 e. The maximum Gasteiger partial charge on any atom is 0.261 e. The lowest BCUT2D eigenvalue weighted by atomic mass is 10.1. The number of hydrogen-bond donors (Lipinski definition) is 2. The summed E-state index contributed by atoms with van der Waals surface area (Å²) in [5, 5.41) is 3.08. The van der Waals surface area contributed by atoms with Crippen molar-refractivity contribution in [2.24, 2.45) is 0 Å². The van der Waals surface area contributed by atoms with Gasteiger partial charge in [-0.05, 0) is 49.7 Å². The van der Waals surface area contributed by atoms with Gasteiger partial charge >= 0.3 is 0 Å². The number of carbonyl (C=O) groups is 1. The summed E-state index contributed by atoms with van der Waals surface area (Å²) in [5.74, 6) is 1.83. The number of para-hydroxylation sites is 2. The largest absolute Gasteiger partial charge is 0.497 e. The fourth-order valence-corrected chi connectivity index (χ4v) is 3.31. The second kappa shape index (κ2) is 9.34. The van der Waals surface area contributed by atoms with Crippen LogP contribution >= 0.6 is 0 Å². The summed E-state index contributed by atoms with van der Waals surface area (Å²) in [6, 6.07) is 14.6. The summed E-state index contributed by atoms with van der Waals surface area (Å²) in [4.78, 5) is 25.0. The van der Waals surface area contributed by atoms with Gasteiger partial charge in [0.15, 0.2) is 6.10 Å². The van der Waals surface area contributed by atoms with Crippen LogP contribution in [0.1, 0.15) is 25.2 Å². The number of fused-ring (bicyclic) bond motifs is 1. The summed E-state index contributed by atoms with van der Waals surface area (Å²) in [5.41, 5.74) is 1.80. The van der Waals surface area contributed by atoms with Gasteiger partial charge < -0.3 is 24.3 Å². The molecule has 31 heavy (non-hydrogen) atoms. The van der Waals surface area contributed by atoms with E-state index >= 15 is 0 Å². The molecule has 0 bridgehead atoms. The van der Waals surface area contributed by atoms with Gasteiger partial charge in [-0.1, -0.05) is 12.1 Å².